The molecule has 0 bridgehead atoms. The molecule has 1 amide bonds. The summed E-state index contributed by atoms with van der Waals surface area (Å²) in [6.45, 7) is 0. The molecule has 3 N–H and O–H groups in total. The Morgan fingerprint density at radius 2 is 1.70 bits per heavy atom. The lowest BCUT2D eigenvalue weighted by Gasteiger charge is -2.09. The zero-order valence-corrected chi connectivity index (χ0v) is 14.8. The minimum atomic E-state index is -0.0808. The molecule has 0 fully saturated rings. The van der Waals surface area contributed by atoms with Crippen LogP contribution in [-0.4, -0.2) is 16.9 Å². The van der Waals surface area contributed by atoms with Crippen molar-refractivity contribution in [3.8, 4) is 11.3 Å². The van der Waals surface area contributed by atoms with Crippen molar-refractivity contribution in [1.29, 1.82) is 0 Å². The number of benzene rings is 1. The van der Waals surface area contributed by atoms with E-state index < -0.39 is 0 Å². The van der Waals surface area contributed by atoms with Gasteiger partial charge in [-0.05, 0) is 36.1 Å². The minimum Gasteiger partial charge on any atom is -0.342 e. The highest BCUT2D eigenvalue weighted by atomic mass is 16.2. The van der Waals surface area contributed by atoms with Crippen molar-refractivity contribution in [2.75, 3.05) is 0 Å². The Hall–Kier alpha value is -3.47. The molecule has 5 rings (SSSR count). The molecule has 0 spiro atoms. The molecule has 0 aliphatic heterocycles. The van der Waals surface area contributed by atoms with E-state index in [1.165, 1.54) is 11.1 Å². The molecule has 5 nitrogen and oxygen atoms in total. The normalized spacial score (nSPS) is 13.6. The summed E-state index contributed by atoms with van der Waals surface area (Å²) in [7, 11) is 0. The van der Waals surface area contributed by atoms with E-state index in [0.29, 0.717) is 5.82 Å². The molecule has 0 radical (unpaired) electrons. The third-order valence-electron chi connectivity index (χ3n) is 5.21. The number of pyridine rings is 2. The molecule has 5 heteroatoms. The van der Waals surface area contributed by atoms with Gasteiger partial charge in [-0.3, -0.25) is 4.79 Å². The van der Waals surface area contributed by atoms with Gasteiger partial charge in [0.2, 0.25) is 0 Å². The number of H-pyrrole nitrogens is 2. The molecular formula is C22H20N4O+2. The number of imidazole rings is 1. The van der Waals surface area contributed by atoms with Gasteiger partial charge in [-0.15, -0.1) is 0 Å². The van der Waals surface area contributed by atoms with Gasteiger partial charge in [0, 0.05) is 23.7 Å². The van der Waals surface area contributed by atoms with Crippen LogP contribution in [0.1, 0.15) is 21.7 Å². The van der Waals surface area contributed by atoms with Crippen LogP contribution in [0, 0.1) is 0 Å². The number of carbonyl (C=O) groups is 1. The zero-order chi connectivity index (χ0) is 18.2. The van der Waals surface area contributed by atoms with Crippen molar-refractivity contribution < 1.29 is 14.2 Å². The second-order valence-corrected chi connectivity index (χ2v) is 6.94. The molecule has 0 saturated heterocycles. The van der Waals surface area contributed by atoms with Gasteiger partial charge < -0.3 is 5.32 Å². The number of hydrogen-bond donors (Lipinski definition) is 2. The van der Waals surface area contributed by atoms with Gasteiger partial charge >= 0.3 is 11.7 Å². The second-order valence-electron chi connectivity index (χ2n) is 6.94. The number of fused-ring (bicyclic) bond motifs is 2. The molecule has 0 saturated carbocycles. The third-order valence-corrected chi connectivity index (χ3v) is 5.21. The maximum absolute atomic E-state index is 13.0. The van der Waals surface area contributed by atoms with Crippen LogP contribution in [0.3, 0.4) is 0 Å². The first-order valence-electron chi connectivity index (χ1n) is 9.16. The van der Waals surface area contributed by atoms with Gasteiger partial charge in [-0.2, -0.15) is 4.40 Å². The third kappa shape index (κ3) is 2.77. The van der Waals surface area contributed by atoms with E-state index in [-0.39, 0.29) is 11.9 Å². The zero-order valence-electron chi connectivity index (χ0n) is 14.8. The van der Waals surface area contributed by atoms with Crippen molar-refractivity contribution in [3.05, 3.63) is 90.1 Å². The molecule has 3 aromatic heterocycles. The number of hydrogen-bond acceptors (Lipinski definition) is 1. The first-order chi connectivity index (χ1) is 13.3. The molecule has 3 heterocycles. The molecule has 1 aromatic carbocycles. The summed E-state index contributed by atoms with van der Waals surface area (Å²) in [6, 6.07) is 18.5. The predicted octanol–water partition coefficient (Wildman–Crippen LogP) is 2.13. The smallest absolute Gasteiger partial charge is 0.342 e. The maximum atomic E-state index is 13.0. The minimum absolute atomic E-state index is 0.0808. The van der Waals surface area contributed by atoms with Gasteiger partial charge in [0.1, 0.15) is 0 Å². The molecular weight excluding hydrogens is 336 g/mol. The highest BCUT2D eigenvalue weighted by Gasteiger charge is 2.29. The standard InChI is InChI=1S/C22H18N4O/c27-22(24-18-13-16-5-1-2-6-17(16)14-18)21-25-20(15-8-10-23-11-9-15)19-7-3-4-12-26(19)21/h1-12,18H,13-14H2,(H,24,27)/p+2. The molecule has 0 unspecified atom stereocenters. The summed E-state index contributed by atoms with van der Waals surface area (Å²) < 4.78 is 1.92. The fourth-order valence-electron chi connectivity index (χ4n) is 3.94. The molecule has 132 valence electrons. The van der Waals surface area contributed by atoms with E-state index in [4.69, 9.17) is 0 Å². The van der Waals surface area contributed by atoms with Crippen molar-refractivity contribution in [2.24, 2.45) is 0 Å². The number of amides is 1. The first-order valence-corrected chi connectivity index (χ1v) is 9.16. The Kier molecular flexibility index (Phi) is 3.71. The summed E-state index contributed by atoms with van der Waals surface area (Å²) in [5.74, 6) is 0.465. The van der Waals surface area contributed by atoms with Gasteiger partial charge in [0.25, 0.3) is 0 Å². The molecule has 1 aliphatic carbocycles. The van der Waals surface area contributed by atoms with Crippen molar-refractivity contribution in [2.45, 2.75) is 18.9 Å². The van der Waals surface area contributed by atoms with E-state index in [1.54, 1.807) is 0 Å². The summed E-state index contributed by atoms with van der Waals surface area (Å²) >= 11 is 0. The van der Waals surface area contributed by atoms with Crippen LogP contribution in [0.4, 0.5) is 0 Å². The van der Waals surface area contributed by atoms with Crippen molar-refractivity contribution in [1.82, 2.24) is 10.3 Å². The topological polar surface area (TPSA) is 63.1 Å². The fourth-order valence-corrected chi connectivity index (χ4v) is 3.94. The van der Waals surface area contributed by atoms with Gasteiger partial charge in [0.15, 0.2) is 23.6 Å². The second kappa shape index (κ2) is 6.36. The maximum Gasteiger partial charge on any atom is 0.351 e. The number of aromatic nitrogens is 3. The van der Waals surface area contributed by atoms with Crippen LogP contribution < -0.4 is 14.7 Å². The Morgan fingerprint density at radius 3 is 2.44 bits per heavy atom. The van der Waals surface area contributed by atoms with E-state index in [0.717, 1.165) is 29.6 Å². The fraction of sp³-hybridized carbons (Fsp3) is 0.136. The molecule has 1 aliphatic rings. The van der Waals surface area contributed by atoms with Gasteiger partial charge in [0.05, 0.1) is 6.20 Å². The number of rotatable bonds is 3. The van der Waals surface area contributed by atoms with E-state index in [9.17, 15) is 4.79 Å². The Balaban J connectivity index is 1.48. The average Bonchev–Trinajstić information content (AvgIpc) is 3.29. The molecule has 4 aromatic rings. The van der Waals surface area contributed by atoms with Crippen LogP contribution >= 0.6 is 0 Å². The van der Waals surface area contributed by atoms with E-state index in [1.807, 2.05) is 53.3 Å². The lowest BCUT2D eigenvalue weighted by atomic mass is 10.1. The SMILES string of the molecule is O=C(NC1Cc2ccccc2C1)c1[nH]c(-c2cc[nH+]cc2)c2cccc[n+]12. The van der Waals surface area contributed by atoms with Crippen LogP contribution in [0.15, 0.2) is 73.2 Å². The van der Waals surface area contributed by atoms with Crippen LogP contribution in [0.2, 0.25) is 0 Å². The van der Waals surface area contributed by atoms with Crippen molar-refractivity contribution in [3.63, 3.8) is 0 Å². The van der Waals surface area contributed by atoms with E-state index >= 15 is 0 Å². The molecule has 27 heavy (non-hydrogen) atoms. The molecule has 0 atom stereocenters. The lowest BCUT2D eigenvalue weighted by Crippen LogP contribution is -2.40. The Bertz CT molecular complexity index is 1110. The quantitative estimate of drug-likeness (QED) is 0.543. The van der Waals surface area contributed by atoms with E-state index in [2.05, 4.69) is 39.6 Å². The summed E-state index contributed by atoms with van der Waals surface area (Å²) in [5, 5.41) is 3.20. The highest BCUT2D eigenvalue weighted by Crippen LogP contribution is 2.23. The number of nitrogens with one attached hydrogen (secondary N) is 3. The monoisotopic (exact) mass is 356 g/mol. The predicted molar refractivity (Wildman–Crippen MR) is 101 cm³/mol. The lowest BCUT2D eigenvalue weighted by molar-refractivity contribution is -0.513. The van der Waals surface area contributed by atoms with Crippen LogP contribution in [0.5, 0.6) is 0 Å². The summed E-state index contributed by atoms with van der Waals surface area (Å²) in [6.07, 6.45) is 7.44. The van der Waals surface area contributed by atoms with Crippen LogP contribution in [-0.2, 0) is 12.8 Å². The largest absolute Gasteiger partial charge is 0.351 e. The summed E-state index contributed by atoms with van der Waals surface area (Å²) in [5.41, 5.74) is 5.60. The Labute approximate surface area is 156 Å². The highest BCUT2D eigenvalue weighted by molar-refractivity contribution is 5.91. The van der Waals surface area contributed by atoms with Crippen LogP contribution in [0.25, 0.3) is 16.8 Å². The van der Waals surface area contributed by atoms with Gasteiger partial charge in [-0.1, -0.05) is 30.3 Å². The summed E-state index contributed by atoms with van der Waals surface area (Å²) in [4.78, 5) is 19.4. The number of aromatic amines is 2. The number of carbonyl (C=O) groups excluding carboxylic acids is 1. The first kappa shape index (κ1) is 15.8. The van der Waals surface area contributed by atoms with Crippen molar-refractivity contribution >= 4 is 11.4 Å². The average molecular weight is 356 g/mol. The Morgan fingerprint density at radius 1 is 1.00 bits per heavy atom. The van der Waals surface area contributed by atoms with Gasteiger partial charge in [-0.25, -0.2) is 9.97 Å². The number of nitrogens with zero attached hydrogens (tertiary/aromatic N) is 1.